The zero-order valence-corrected chi connectivity index (χ0v) is 14.5. The largest absolute Gasteiger partial charge is 0.357 e. The average molecular weight is 326 g/mol. The van der Waals surface area contributed by atoms with E-state index in [9.17, 15) is 0 Å². The zero-order valence-electron chi connectivity index (χ0n) is 14.5. The third-order valence-electron chi connectivity index (χ3n) is 4.82. The van der Waals surface area contributed by atoms with Crippen molar-refractivity contribution in [3.8, 4) is 0 Å². The SMILES string of the molecule is CCNC(=NCc1nncn1C)NCC1(c2ccccc2)CCC1. The van der Waals surface area contributed by atoms with Gasteiger partial charge in [0.25, 0.3) is 0 Å². The Labute approximate surface area is 143 Å². The van der Waals surface area contributed by atoms with Crippen LogP contribution >= 0.6 is 0 Å². The fourth-order valence-corrected chi connectivity index (χ4v) is 3.16. The molecule has 0 unspecified atom stereocenters. The molecule has 1 aliphatic carbocycles. The highest BCUT2D eigenvalue weighted by molar-refractivity contribution is 5.79. The average Bonchev–Trinajstić information content (AvgIpc) is 2.97. The molecule has 1 aliphatic rings. The minimum Gasteiger partial charge on any atom is -0.357 e. The van der Waals surface area contributed by atoms with E-state index < -0.39 is 0 Å². The van der Waals surface area contributed by atoms with Gasteiger partial charge in [0.15, 0.2) is 11.8 Å². The molecule has 0 bridgehead atoms. The van der Waals surface area contributed by atoms with Gasteiger partial charge in [0, 0.05) is 25.6 Å². The van der Waals surface area contributed by atoms with Crippen molar-refractivity contribution in [3.63, 3.8) is 0 Å². The monoisotopic (exact) mass is 326 g/mol. The first kappa shape index (κ1) is 16.5. The Bertz CT molecular complexity index is 672. The predicted octanol–water partition coefficient (Wildman–Crippen LogP) is 1.99. The molecule has 1 fully saturated rings. The van der Waals surface area contributed by atoms with E-state index in [1.54, 1.807) is 6.33 Å². The van der Waals surface area contributed by atoms with E-state index in [0.717, 1.165) is 24.9 Å². The maximum absolute atomic E-state index is 4.64. The number of aliphatic imine (C=N–C) groups is 1. The van der Waals surface area contributed by atoms with Gasteiger partial charge in [-0.2, -0.15) is 0 Å². The molecule has 6 nitrogen and oxygen atoms in total. The van der Waals surface area contributed by atoms with Gasteiger partial charge in [-0.15, -0.1) is 10.2 Å². The summed E-state index contributed by atoms with van der Waals surface area (Å²) >= 11 is 0. The molecule has 0 spiro atoms. The number of aryl methyl sites for hydroxylation is 1. The fraction of sp³-hybridized carbons (Fsp3) is 0.500. The first-order valence-electron chi connectivity index (χ1n) is 8.64. The molecule has 1 aromatic heterocycles. The van der Waals surface area contributed by atoms with Crippen LogP contribution in [0.2, 0.25) is 0 Å². The van der Waals surface area contributed by atoms with Crippen LogP contribution in [0, 0.1) is 0 Å². The van der Waals surface area contributed by atoms with E-state index >= 15 is 0 Å². The van der Waals surface area contributed by atoms with Crippen molar-refractivity contribution in [2.24, 2.45) is 12.0 Å². The van der Waals surface area contributed by atoms with E-state index in [1.165, 1.54) is 24.8 Å². The van der Waals surface area contributed by atoms with Gasteiger partial charge in [0.1, 0.15) is 12.9 Å². The lowest BCUT2D eigenvalue weighted by molar-refractivity contribution is 0.244. The molecule has 1 saturated carbocycles. The quantitative estimate of drug-likeness (QED) is 0.629. The summed E-state index contributed by atoms with van der Waals surface area (Å²) in [6.07, 6.45) is 5.45. The second-order valence-corrected chi connectivity index (χ2v) is 6.41. The van der Waals surface area contributed by atoms with Gasteiger partial charge in [-0.25, -0.2) is 4.99 Å². The molecule has 0 amide bonds. The molecule has 24 heavy (non-hydrogen) atoms. The smallest absolute Gasteiger partial charge is 0.191 e. The molecular formula is C18H26N6. The molecule has 128 valence electrons. The van der Waals surface area contributed by atoms with E-state index in [1.807, 2.05) is 11.6 Å². The minimum absolute atomic E-state index is 0.238. The number of nitrogens with zero attached hydrogens (tertiary/aromatic N) is 4. The first-order chi connectivity index (χ1) is 11.7. The highest BCUT2D eigenvalue weighted by Crippen LogP contribution is 2.43. The van der Waals surface area contributed by atoms with Crippen LogP contribution in [0.25, 0.3) is 0 Å². The van der Waals surface area contributed by atoms with Gasteiger partial charge in [0.05, 0.1) is 0 Å². The highest BCUT2D eigenvalue weighted by Gasteiger charge is 2.38. The molecule has 2 N–H and O–H groups in total. The molecule has 3 rings (SSSR count). The van der Waals surface area contributed by atoms with Crippen molar-refractivity contribution < 1.29 is 0 Å². The lowest BCUT2D eigenvalue weighted by Gasteiger charge is -2.43. The summed E-state index contributed by atoms with van der Waals surface area (Å²) in [6, 6.07) is 10.8. The van der Waals surface area contributed by atoms with Crippen molar-refractivity contribution in [2.45, 2.75) is 38.1 Å². The molecular weight excluding hydrogens is 300 g/mol. The van der Waals surface area contributed by atoms with Crippen LogP contribution in [0.3, 0.4) is 0 Å². The lowest BCUT2D eigenvalue weighted by atomic mass is 9.64. The number of rotatable bonds is 6. The number of hydrogen-bond acceptors (Lipinski definition) is 3. The number of aromatic nitrogens is 3. The summed E-state index contributed by atoms with van der Waals surface area (Å²) < 4.78 is 1.89. The number of guanidine groups is 1. The Morgan fingerprint density at radius 1 is 1.25 bits per heavy atom. The molecule has 2 aromatic rings. The third kappa shape index (κ3) is 3.58. The van der Waals surface area contributed by atoms with Crippen molar-refractivity contribution in [1.29, 1.82) is 0 Å². The van der Waals surface area contributed by atoms with Crippen LogP contribution in [0.5, 0.6) is 0 Å². The summed E-state index contributed by atoms with van der Waals surface area (Å²) in [5, 5.41) is 14.8. The topological polar surface area (TPSA) is 67.1 Å². The van der Waals surface area contributed by atoms with Gasteiger partial charge < -0.3 is 15.2 Å². The van der Waals surface area contributed by atoms with E-state index in [4.69, 9.17) is 0 Å². The van der Waals surface area contributed by atoms with Crippen molar-refractivity contribution in [3.05, 3.63) is 48.0 Å². The summed E-state index contributed by atoms with van der Waals surface area (Å²) in [4.78, 5) is 4.64. The minimum atomic E-state index is 0.238. The molecule has 6 heteroatoms. The van der Waals surface area contributed by atoms with E-state index in [2.05, 4.69) is 63.1 Å². The Morgan fingerprint density at radius 3 is 2.62 bits per heavy atom. The Kier molecular flexibility index (Phi) is 5.13. The normalized spacial score (nSPS) is 16.5. The van der Waals surface area contributed by atoms with Crippen molar-refractivity contribution in [1.82, 2.24) is 25.4 Å². The van der Waals surface area contributed by atoms with Crippen LogP contribution in [0.15, 0.2) is 41.7 Å². The van der Waals surface area contributed by atoms with Gasteiger partial charge in [-0.3, -0.25) is 0 Å². The Morgan fingerprint density at radius 2 is 2.04 bits per heavy atom. The Balaban J connectivity index is 1.66. The lowest BCUT2D eigenvalue weighted by Crippen LogP contribution is -2.48. The van der Waals surface area contributed by atoms with Crippen LogP contribution in [-0.2, 0) is 19.0 Å². The van der Waals surface area contributed by atoms with Gasteiger partial charge >= 0.3 is 0 Å². The zero-order chi connectivity index (χ0) is 16.8. The predicted molar refractivity (Wildman–Crippen MR) is 95.8 cm³/mol. The molecule has 0 atom stereocenters. The van der Waals surface area contributed by atoms with Crippen molar-refractivity contribution in [2.75, 3.05) is 13.1 Å². The summed E-state index contributed by atoms with van der Waals surface area (Å²) in [7, 11) is 1.93. The second-order valence-electron chi connectivity index (χ2n) is 6.41. The standard InChI is InChI=1S/C18H26N6/c1-3-19-17(20-12-16-23-22-14-24(16)2)21-13-18(10-7-11-18)15-8-5-4-6-9-15/h4-6,8-9,14H,3,7,10-13H2,1-2H3,(H2,19,20,21). The van der Waals surface area contributed by atoms with Crippen molar-refractivity contribution >= 4 is 5.96 Å². The molecule has 0 aliphatic heterocycles. The van der Waals surface area contributed by atoms with E-state index in [0.29, 0.717) is 6.54 Å². The molecule has 0 saturated heterocycles. The van der Waals surface area contributed by atoms with Gasteiger partial charge in [0.2, 0.25) is 0 Å². The van der Waals surface area contributed by atoms with Crippen LogP contribution in [0.1, 0.15) is 37.6 Å². The summed E-state index contributed by atoms with van der Waals surface area (Å²) in [5.41, 5.74) is 1.66. The second kappa shape index (κ2) is 7.47. The van der Waals surface area contributed by atoms with E-state index in [-0.39, 0.29) is 5.41 Å². The molecule has 1 heterocycles. The first-order valence-corrected chi connectivity index (χ1v) is 8.64. The Hall–Kier alpha value is -2.37. The van der Waals surface area contributed by atoms with Crippen LogP contribution < -0.4 is 10.6 Å². The van der Waals surface area contributed by atoms with Crippen LogP contribution in [0.4, 0.5) is 0 Å². The summed E-state index contributed by atoms with van der Waals surface area (Å²) in [5.74, 6) is 1.69. The third-order valence-corrected chi connectivity index (χ3v) is 4.82. The van der Waals surface area contributed by atoms with Crippen LogP contribution in [-0.4, -0.2) is 33.8 Å². The molecule has 0 radical (unpaired) electrons. The number of benzene rings is 1. The maximum Gasteiger partial charge on any atom is 0.191 e. The maximum atomic E-state index is 4.64. The fourth-order valence-electron chi connectivity index (χ4n) is 3.16. The summed E-state index contributed by atoms with van der Waals surface area (Å²) in [6.45, 7) is 4.34. The number of hydrogen-bond donors (Lipinski definition) is 2. The van der Waals surface area contributed by atoms with Gasteiger partial charge in [-0.1, -0.05) is 36.8 Å². The highest BCUT2D eigenvalue weighted by atomic mass is 15.3. The molecule has 1 aromatic carbocycles. The number of nitrogens with one attached hydrogen (secondary N) is 2. The van der Waals surface area contributed by atoms with Gasteiger partial charge in [-0.05, 0) is 25.3 Å².